The number of benzene rings is 2. The maximum Gasteiger partial charge on any atom is 0.257 e. The quantitative estimate of drug-likeness (QED) is 0.844. The average Bonchev–Trinajstić information content (AvgIpc) is 3.15. The number of nitrogens with zero attached hydrogens (tertiary/aromatic N) is 1. The second kappa shape index (κ2) is 7.70. The molecule has 0 unspecified atom stereocenters. The number of sulfone groups is 1. The molecule has 1 N–H and O–H groups in total. The fourth-order valence-corrected chi connectivity index (χ4v) is 3.76. The lowest BCUT2D eigenvalue weighted by Gasteiger charge is -2.15. The van der Waals surface area contributed by atoms with Gasteiger partial charge in [0.05, 0.1) is 15.5 Å². The summed E-state index contributed by atoms with van der Waals surface area (Å²) in [4.78, 5) is 26.6. The lowest BCUT2D eigenvalue weighted by molar-refractivity contribution is 0.0792. The van der Waals surface area contributed by atoms with Crippen molar-refractivity contribution in [1.82, 2.24) is 4.90 Å². The first-order valence-electron chi connectivity index (χ1n) is 8.46. The molecule has 1 saturated heterocycles. The Morgan fingerprint density at radius 1 is 1.04 bits per heavy atom. The summed E-state index contributed by atoms with van der Waals surface area (Å²) in [5.74, 6) is -0.543. The van der Waals surface area contributed by atoms with Crippen LogP contribution in [0.3, 0.4) is 0 Å². The van der Waals surface area contributed by atoms with Gasteiger partial charge in [0.25, 0.3) is 11.8 Å². The topological polar surface area (TPSA) is 83.5 Å². The van der Waals surface area contributed by atoms with E-state index >= 15 is 0 Å². The number of carbonyl (C=O) groups excluding carboxylic acids is 2. The van der Waals surface area contributed by atoms with Crippen molar-refractivity contribution < 1.29 is 18.0 Å². The summed E-state index contributed by atoms with van der Waals surface area (Å²) in [6.45, 7) is 1.54. The van der Waals surface area contributed by atoms with E-state index in [0.717, 1.165) is 32.2 Å². The Labute approximate surface area is 163 Å². The Morgan fingerprint density at radius 3 is 2.26 bits per heavy atom. The fraction of sp³-hybridized carbons (Fsp3) is 0.263. The smallest absolute Gasteiger partial charge is 0.257 e. The molecule has 27 heavy (non-hydrogen) atoms. The molecule has 0 atom stereocenters. The number of amides is 2. The Morgan fingerprint density at radius 2 is 1.67 bits per heavy atom. The molecule has 1 aliphatic rings. The van der Waals surface area contributed by atoms with Gasteiger partial charge in [-0.1, -0.05) is 11.6 Å². The van der Waals surface area contributed by atoms with Gasteiger partial charge in [-0.2, -0.15) is 0 Å². The van der Waals surface area contributed by atoms with Gasteiger partial charge in [0.1, 0.15) is 0 Å². The number of rotatable bonds is 4. The number of nitrogens with one attached hydrogen (secondary N) is 1. The molecular weight excluding hydrogens is 388 g/mol. The van der Waals surface area contributed by atoms with Crippen LogP contribution in [-0.4, -0.2) is 44.5 Å². The molecule has 0 spiro atoms. The first kappa shape index (κ1) is 19.4. The van der Waals surface area contributed by atoms with Gasteiger partial charge in [-0.25, -0.2) is 8.42 Å². The van der Waals surface area contributed by atoms with E-state index in [1.165, 1.54) is 18.2 Å². The number of hydrogen-bond donors (Lipinski definition) is 1. The average molecular weight is 407 g/mol. The van der Waals surface area contributed by atoms with Gasteiger partial charge >= 0.3 is 0 Å². The monoisotopic (exact) mass is 406 g/mol. The summed E-state index contributed by atoms with van der Waals surface area (Å²) in [5, 5.41) is 2.82. The lowest BCUT2D eigenvalue weighted by Crippen LogP contribution is -2.27. The molecule has 0 radical (unpaired) electrons. The minimum absolute atomic E-state index is 0.0172. The van der Waals surface area contributed by atoms with Gasteiger partial charge in [0, 0.05) is 30.6 Å². The molecule has 2 aromatic rings. The number of likely N-dealkylation sites (tertiary alicyclic amines) is 1. The van der Waals surface area contributed by atoms with Gasteiger partial charge < -0.3 is 10.2 Å². The largest absolute Gasteiger partial charge is 0.339 e. The van der Waals surface area contributed by atoms with Crippen LogP contribution in [0, 0.1) is 0 Å². The molecule has 1 fully saturated rings. The zero-order valence-corrected chi connectivity index (χ0v) is 16.3. The Balaban J connectivity index is 1.75. The van der Waals surface area contributed by atoms with Crippen molar-refractivity contribution >= 4 is 38.9 Å². The van der Waals surface area contributed by atoms with Crippen LogP contribution in [0.25, 0.3) is 0 Å². The molecule has 2 amide bonds. The van der Waals surface area contributed by atoms with Gasteiger partial charge in [0.2, 0.25) is 0 Å². The predicted octanol–water partition coefficient (Wildman–Crippen LogP) is 3.23. The zero-order valence-electron chi connectivity index (χ0n) is 14.7. The number of carbonyl (C=O) groups is 2. The van der Waals surface area contributed by atoms with E-state index in [9.17, 15) is 18.0 Å². The van der Waals surface area contributed by atoms with Crippen LogP contribution in [0.4, 0.5) is 5.69 Å². The van der Waals surface area contributed by atoms with E-state index in [2.05, 4.69) is 5.32 Å². The molecule has 6 nitrogen and oxygen atoms in total. The van der Waals surface area contributed by atoms with Crippen LogP contribution in [0.2, 0.25) is 5.02 Å². The Hall–Kier alpha value is -2.38. The maximum absolute atomic E-state index is 12.5. The highest BCUT2D eigenvalue weighted by atomic mass is 35.5. The highest BCUT2D eigenvalue weighted by molar-refractivity contribution is 7.90. The third kappa shape index (κ3) is 4.48. The first-order chi connectivity index (χ1) is 12.8. The summed E-state index contributed by atoms with van der Waals surface area (Å²) in [5.41, 5.74) is 1.11. The summed E-state index contributed by atoms with van der Waals surface area (Å²) >= 11 is 6.04. The third-order valence-corrected chi connectivity index (χ3v) is 5.83. The van der Waals surface area contributed by atoms with E-state index in [0.29, 0.717) is 11.3 Å². The molecule has 1 aliphatic heterocycles. The fourth-order valence-electron chi connectivity index (χ4n) is 2.91. The van der Waals surface area contributed by atoms with Crippen LogP contribution in [-0.2, 0) is 9.84 Å². The molecule has 0 saturated carbocycles. The molecule has 8 heteroatoms. The minimum atomic E-state index is -3.45. The van der Waals surface area contributed by atoms with Crippen molar-refractivity contribution in [1.29, 1.82) is 0 Å². The van der Waals surface area contributed by atoms with Crippen LogP contribution in [0.15, 0.2) is 47.4 Å². The Bertz CT molecular complexity index is 981. The second-order valence-corrected chi connectivity index (χ2v) is 8.87. The van der Waals surface area contributed by atoms with Crippen molar-refractivity contribution in [3.05, 3.63) is 58.6 Å². The van der Waals surface area contributed by atoms with Crippen molar-refractivity contribution in [3.63, 3.8) is 0 Å². The van der Waals surface area contributed by atoms with E-state index in [4.69, 9.17) is 11.6 Å². The van der Waals surface area contributed by atoms with Gasteiger partial charge in [0.15, 0.2) is 9.84 Å². The molecular formula is C19H19ClN2O4S. The molecule has 1 heterocycles. The van der Waals surface area contributed by atoms with Gasteiger partial charge in [-0.15, -0.1) is 0 Å². The summed E-state index contributed by atoms with van der Waals surface area (Å²) in [6.07, 6.45) is 3.11. The van der Waals surface area contributed by atoms with Crippen LogP contribution in [0.1, 0.15) is 33.6 Å². The summed E-state index contributed by atoms with van der Waals surface area (Å²) in [7, 11) is -3.45. The van der Waals surface area contributed by atoms with Crippen molar-refractivity contribution in [2.45, 2.75) is 17.7 Å². The highest BCUT2D eigenvalue weighted by Crippen LogP contribution is 2.22. The first-order valence-corrected chi connectivity index (χ1v) is 10.7. The number of anilines is 1. The van der Waals surface area contributed by atoms with Crippen molar-refractivity contribution in [2.75, 3.05) is 24.7 Å². The molecule has 0 aromatic heterocycles. The third-order valence-electron chi connectivity index (χ3n) is 4.39. The van der Waals surface area contributed by atoms with Crippen LogP contribution < -0.4 is 5.32 Å². The normalized spacial score (nSPS) is 14.2. The van der Waals surface area contributed by atoms with E-state index in [1.54, 1.807) is 24.3 Å². The minimum Gasteiger partial charge on any atom is -0.339 e. The van der Waals surface area contributed by atoms with Crippen LogP contribution >= 0.6 is 11.6 Å². The molecule has 142 valence electrons. The van der Waals surface area contributed by atoms with Gasteiger partial charge in [-0.05, 0) is 55.3 Å². The summed E-state index contributed by atoms with van der Waals surface area (Å²) < 4.78 is 23.4. The Kier molecular flexibility index (Phi) is 5.53. The lowest BCUT2D eigenvalue weighted by atomic mass is 10.1. The number of halogens is 1. The second-order valence-electron chi connectivity index (χ2n) is 6.44. The standard InChI is InChI=1S/C19H19ClN2O4S/c1-27(25,26)15-8-9-17(20)16(12-15)18(23)21-14-6-4-13(5-7-14)19(24)22-10-2-3-11-22/h4-9,12H,2-3,10-11H2,1H3,(H,21,23). The van der Waals surface area contributed by atoms with Crippen molar-refractivity contribution in [2.24, 2.45) is 0 Å². The van der Waals surface area contributed by atoms with E-state index in [-0.39, 0.29) is 21.4 Å². The SMILES string of the molecule is CS(=O)(=O)c1ccc(Cl)c(C(=O)Nc2ccc(C(=O)N3CCCC3)cc2)c1. The predicted molar refractivity (Wildman–Crippen MR) is 104 cm³/mol. The molecule has 0 aliphatic carbocycles. The van der Waals surface area contributed by atoms with Crippen LogP contribution in [0.5, 0.6) is 0 Å². The summed E-state index contributed by atoms with van der Waals surface area (Å²) in [6, 6.07) is 10.6. The van der Waals surface area contributed by atoms with E-state index in [1.807, 2.05) is 4.90 Å². The van der Waals surface area contributed by atoms with Gasteiger partial charge in [-0.3, -0.25) is 9.59 Å². The number of hydrogen-bond acceptors (Lipinski definition) is 4. The maximum atomic E-state index is 12.5. The zero-order chi connectivity index (χ0) is 19.6. The molecule has 2 aromatic carbocycles. The molecule has 3 rings (SSSR count). The van der Waals surface area contributed by atoms with Crippen molar-refractivity contribution in [3.8, 4) is 0 Å². The highest BCUT2D eigenvalue weighted by Gasteiger charge is 2.20. The van der Waals surface area contributed by atoms with E-state index < -0.39 is 15.7 Å². The molecule has 0 bridgehead atoms.